The van der Waals surface area contributed by atoms with Crippen LogP contribution in [0.25, 0.3) is 27.8 Å². The highest BCUT2D eigenvalue weighted by Crippen LogP contribution is 2.50. The topological polar surface area (TPSA) is 6.48 Å². The Morgan fingerprint density at radius 2 is 1.29 bits per heavy atom. The van der Waals surface area contributed by atoms with Crippen LogP contribution in [0, 0.1) is 11.8 Å². The second kappa shape index (κ2) is 17.4. The third-order valence-corrected chi connectivity index (χ3v) is 12.7. The first kappa shape index (κ1) is 40.3. The lowest BCUT2D eigenvalue weighted by atomic mass is 9.82. The van der Waals surface area contributed by atoms with E-state index in [0.717, 1.165) is 46.0 Å². The van der Waals surface area contributed by atoms with Gasteiger partial charge in [-0.1, -0.05) is 185 Å². The first-order valence-electron chi connectivity index (χ1n) is 21.9. The number of hydrogen-bond donors (Lipinski definition) is 0. The molecule has 0 N–H and O–H groups in total. The maximum absolute atomic E-state index is 4.75. The molecule has 0 amide bonds. The van der Waals surface area contributed by atoms with Gasteiger partial charge >= 0.3 is 0 Å². The van der Waals surface area contributed by atoms with Gasteiger partial charge in [-0.25, -0.2) is 0 Å². The van der Waals surface area contributed by atoms with Crippen molar-refractivity contribution < 1.29 is 0 Å². The van der Waals surface area contributed by atoms with Crippen LogP contribution in [0.4, 0.5) is 22.7 Å². The van der Waals surface area contributed by atoms with E-state index in [1.54, 1.807) is 0 Å². The monoisotopic (exact) mass is 802 g/mol. The Bertz CT molecular complexity index is 2830. The van der Waals surface area contributed by atoms with Gasteiger partial charge in [-0.2, -0.15) is 0 Å². The summed E-state index contributed by atoms with van der Waals surface area (Å²) in [6, 6.07) is 55.0. The number of benzene rings is 6. The molecule has 0 bridgehead atoms. The predicted molar refractivity (Wildman–Crippen MR) is 266 cm³/mol. The third kappa shape index (κ3) is 7.93. The van der Waals surface area contributed by atoms with Crippen LogP contribution in [-0.2, 0) is 5.41 Å². The molecule has 304 valence electrons. The highest BCUT2D eigenvalue weighted by molar-refractivity contribution is 5.88. The van der Waals surface area contributed by atoms with Gasteiger partial charge in [0.05, 0.1) is 0 Å². The summed E-state index contributed by atoms with van der Waals surface area (Å²) >= 11 is 0. The minimum absolute atomic E-state index is 0.0748. The number of fused-ring (bicyclic) bond motifs is 3. The van der Waals surface area contributed by atoms with Gasteiger partial charge < -0.3 is 9.80 Å². The van der Waals surface area contributed by atoms with Gasteiger partial charge in [-0.15, -0.1) is 0 Å². The molecule has 3 aliphatic carbocycles. The molecule has 0 fully saturated rings. The molecule has 2 nitrogen and oxygen atoms in total. The van der Waals surface area contributed by atoms with Crippen LogP contribution in [0.2, 0.25) is 0 Å². The van der Waals surface area contributed by atoms with E-state index in [2.05, 4.69) is 256 Å². The summed E-state index contributed by atoms with van der Waals surface area (Å²) in [7, 11) is 0. The Kier molecular flexibility index (Phi) is 11.3. The predicted octanol–water partition coefficient (Wildman–Crippen LogP) is 16.3. The molecule has 2 atom stereocenters. The fourth-order valence-corrected chi connectivity index (χ4v) is 9.44. The zero-order valence-corrected chi connectivity index (χ0v) is 36.2. The molecule has 0 heterocycles. The van der Waals surface area contributed by atoms with E-state index in [4.69, 9.17) is 6.58 Å². The zero-order chi connectivity index (χ0) is 42.6. The average molecular weight is 803 g/mol. The summed E-state index contributed by atoms with van der Waals surface area (Å²) < 4.78 is 0. The standard InChI is InChI=1S/C60H54N2/c1-6-45(46-22-10-7-11-23-46)34-33-44(3)61(50-25-12-8-13-26-50)53-39-49(48-36-38-59-57(41-48)56-31-18-19-32-58(56)60(59,4)5)40-54(42-53)62(51-27-14-9-15-28-51)52-29-20-24-47(35-37-52)55-30-17-16-21-43(55)2/h6-28,30-43,55H,3,29H2,1-2,4-5H3/b34-33-,45-6+. The molecule has 6 aromatic carbocycles. The van der Waals surface area contributed by atoms with Gasteiger partial charge in [0.2, 0.25) is 0 Å². The lowest BCUT2D eigenvalue weighted by Crippen LogP contribution is -2.18. The van der Waals surface area contributed by atoms with Crippen LogP contribution in [0.5, 0.6) is 0 Å². The smallest absolute Gasteiger partial charge is 0.0488 e. The van der Waals surface area contributed by atoms with Crippen molar-refractivity contribution in [2.75, 3.05) is 9.80 Å². The van der Waals surface area contributed by atoms with Gasteiger partial charge in [0.15, 0.2) is 0 Å². The fraction of sp³-hybridized carbons (Fsp3) is 0.133. The van der Waals surface area contributed by atoms with Gasteiger partial charge in [0.1, 0.15) is 0 Å². The molecule has 2 heteroatoms. The van der Waals surface area contributed by atoms with E-state index in [1.807, 2.05) is 0 Å². The molecule has 62 heavy (non-hydrogen) atoms. The highest BCUT2D eigenvalue weighted by Gasteiger charge is 2.35. The summed E-state index contributed by atoms with van der Waals surface area (Å²) in [5, 5.41) is 0. The van der Waals surface area contributed by atoms with Crippen molar-refractivity contribution in [1.29, 1.82) is 0 Å². The van der Waals surface area contributed by atoms with Crippen LogP contribution in [-0.4, -0.2) is 0 Å². The largest absolute Gasteiger partial charge is 0.314 e. The quantitative estimate of drug-likeness (QED) is 0.120. The molecule has 3 aliphatic rings. The van der Waals surface area contributed by atoms with Crippen molar-refractivity contribution in [3.05, 3.63) is 259 Å². The van der Waals surface area contributed by atoms with Crippen LogP contribution in [0.1, 0.15) is 50.8 Å². The van der Waals surface area contributed by atoms with Crippen LogP contribution < -0.4 is 9.80 Å². The normalized spacial score (nSPS) is 17.5. The highest BCUT2D eigenvalue weighted by atomic mass is 15.2. The van der Waals surface area contributed by atoms with Crippen molar-refractivity contribution >= 4 is 28.3 Å². The Balaban J connectivity index is 1.23. The summed E-state index contributed by atoms with van der Waals surface area (Å²) in [6.07, 6.45) is 25.6. The van der Waals surface area contributed by atoms with E-state index in [1.165, 1.54) is 44.7 Å². The third-order valence-electron chi connectivity index (χ3n) is 12.7. The molecule has 0 aromatic heterocycles. The molecular formula is C60H54N2. The number of hydrogen-bond acceptors (Lipinski definition) is 2. The second-order valence-corrected chi connectivity index (χ2v) is 17.0. The van der Waals surface area contributed by atoms with Crippen molar-refractivity contribution in [3.63, 3.8) is 0 Å². The molecule has 0 radical (unpaired) electrons. The molecule has 0 aliphatic heterocycles. The number of allylic oxidation sites excluding steroid dienone is 13. The van der Waals surface area contributed by atoms with Crippen LogP contribution in [0.3, 0.4) is 0 Å². The minimum atomic E-state index is -0.0748. The Hall–Kier alpha value is -7.16. The van der Waals surface area contributed by atoms with Crippen molar-refractivity contribution in [2.24, 2.45) is 11.8 Å². The van der Waals surface area contributed by atoms with Crippen molar-refractivity contribution in [1.82, 2.24) is 0 Å². The number of nitrogens with zero attached hydrogens (tertiary/aromatic N) is 2. The molecule has 6 aromatic rings. The SMILES string of the molecule is C=C(/C=C\C(=C/C)c1ccccc1)N(c1ccccc1)c1cc(-c2ccc3c(c2)-c2ccccc2C3(C)C)cc(N(C2=CC=C(C3C=CC=CC3C)C=CC2)c2ccccc2)c1. The van der Waals surface area contributed by atoms with Gasteiger partial charge in [0.25, 0.3) is 0 Å². The average Bonchev–Trinajstić information content (AvgIpc) is 3.41. The second-order valence-electron chi connectivity index (χ2n) is 17.0. The summed E-state index contributed by atoms with van der Waals surface area (Å²) in [4.78, 5) is 4.73. The molecule has 9 rings (SSSR count). The first-order valence-corrected chi connectivity index (χ1v) is 21.9. The van der Waals surface area contributed by atoms with Gasteiger partial charge in [-0.05, 0) is 124 Å². The van der Waals surface area contributed by atoms with E-state index >= 15 is 0 Å². The zero-order valence-electron chi connectivity index (χ0n) is 36.2. The summed E-state index contributed by atoms with van der Waals surface area (Å²) in [6.45, 7) is 13.8. The van der Waals surface area contributed by atoms with Crippen LogP contribution >= 0.6 is 0 Å². The van der Waals surface area contributed by atoms with E-state index < -0.39 is 0 Å². The Morgan fingerprint density at radius 3 is 2.03 bits per heavy atom. The minimum Gasteiger partial charge on any atom is -0.314 e. The van der Waals surface area contributed by atoms with Crippen molar-refractivity contribution in [3.8, 4) is 22.3 Å². The van der Waals surface area contributed by atoms with E-state index in [-0.39, 0.29) is 5.41 Å². The van der Waals surface area contributed by atoms with Gasteiger partial charge in [-0.3, -0.25) is 0 Å². The molecule has 0 spiro atoms. The molecule has 0 saturated heterocycles. The first-order chi connectivity index (χ1) is 30.3. The number of anilines is 4. The number of para-hydroxylation sites is 2. The maximum atomic E-state index is 4.75. The van der Waals surface area contributed by atoms with Crippen LogP contribution in [0.15, 0.2) is 242 Å². The molecule has 2 unspecified atom stereocenters. The Morgan fingerprint density at radius 1 is 0.629 bits per heavy atom. The lowest BCUT2D eigenvalue weighted by Gasteiger charge is -2.31. The van der Waals surface area contributed by atoms with Gasteiger partial charge in [0, 0.05) is 51.9 Å². The summed E-state index contributed by atoms with van der Waals surface area (Å²) in [5.41, 5.74) is 17.5. The van der Waals surface area contributed by atoms with E-state index in [0.29, 0.717) is 11.8 Å². The molecular weight excluding hydrogens is 749 g/mol. The van der Waals surface area contributed by atoms with E-state index in [9.17, 15) is 0 Å². The maximum Gasteiger partial charge on any atom is 0.0488 e. The summed E-state index contributed by atoms with van der Waals surface area (Å²) in [5.74, 6) is 0.771. The number of rotatable bonds is 11. The lowest BCUT2D eigenvalue weighted by molar-refractivity contribution is 0.586. The fourth-order valence-electron chi connectivity index (χ4n) is 9.44. The molecule has 0 saturated carbocycles. The van der Waals surface area contributed by atoms with Crippen molar-refractivity contribution in [2.45, 2.75) is 39.5 Å². The Labute approximate surface area is 368 Å².